The molecule has 0 spiro atoms. The van der Waals surface area contributed by atoms with Gasteiger partial charge in [0, 0.05) is 29.9 Å². The average molecular weight is 264 g/mol. The number of carbonyl (C=O) groups is 1. The number of likely N-dealkylation sites (N-methyl/N-ethyl adjacent to an activating group) is 1. The van der Waals surface area contributed by atoms with Gasteiger partial charge in [0.05, 0.1) is 0 Å². The number of amides is 1. The summed E-state index contributed by atoms with van der Waals surface area (Å²) in [5, 5.41) is 3.96. The lowest BCUT2D eigenvalue weighted by Crippen LogP contribution is -2.38. The second kappa shape index (κ2) is 6.25. The Bertz CT molecular complexity index is 396. The molecule has 0 bridgehead atoms. The molecule has 1 aromatic carbocycles. The maximum atomic E-state index is 12.3. The molecule has 1 fully saturated rings. The van der Waals surface area contributed by atoms with Crippen molar-refractivity contribution in [2.75, 3.05) is 25.9 Å². The summed E-state index contributed by atoms with van der Waals surface area (Å²) in [6, 6.07) is 9.95. The molecule has 1 N–H and O–H groups in total. The van der Waals surface area contributed by atoms with E-state index < -0.39 is 0 Å². The first kappa shape index (κ1) is 13.4. The Morgan fingerprint density at radius 3 is 2.72 bits per heavy atom. The quantitative estimate of drug-likeness (QED) is 0.901. The Hall–Kier alpha value is -1.00. The fraction of sp³-hybridized carbons (Fsp3) is 0.500. The van der Waals surface area contributed by atoms with Crippen LogP contribution in [0.25, 0.3) is 0 Å². The smallest absolute Gasteiger partial charge is 0.253 e. The SMILES string of the molecule is CCN[C@@H]1CN(C(=O)c2ccccc2)C[C@H]1SC. The van der Waals surface area contributed by atoms with Crippen LogP contribution in [0.2, 0.25) is 0 Å². The fourth-order valence-electron chi connectivity index (χ4n) is 2.40. The molecule has 1 heterocycles. The zero-order chi connectivity index (χ0) is 13.0. The zero-order valence-electron chi connectivity index (χ0n) is 10.9. The highest BCUT2D eigenvalue weighted by Crippen LogP contribution is 2.22. The van der Waals surface area contributed by atoms with E-state index in [9.17, 15) is 4.79 Å². The molecule has 0 radical (unpaired) electrons. The monoisotopic (exact) mass is 264 g/mol. The van der Waals surface area contributed by atoms with Gasteiger partial charge in [-0.05, 0) is 24.9 Å². The Morgan fingerprint density at radius 1 is 1.39 bits per heavy atom. The van der Waals surface area contributed by atoms with Crippen LogP contribution in [0.4, 0.5) is 0 Å². The van der Waals surface area contributed by atoms with Crippen LogP contribution in [0, 0.1) is 0 Å². The van der Waals surface area contributed by atoms with Crippen molar-refractivity contribution in [2.45, 2.75) is 18.2 Å². The molecule has 4 heteroatoms. The molecule has 3 nitrogen and oxygen atoms in total. The Balaban J connectivity index is 2.05. The lowest BCUT2D eigenvalue weighted by atomic mass is 10.2. The van der Waals surface area contributed by atoms with Gasteiger partial charge in [0.2, 0.25) is 0 Å². The van der Waals surface area contributed by atoms with Gasteiger partial charge in [0.25, 0.3) is 5.91 Å². The van der Waals surface area contributed by atoms with Gasteiger partial charge in [0.1, 0.15) is 0 Å². The minimum Gasteiger partial charge on any atom is -0.336 e. The van der Waals surface area contributed by atoms with Crippen LogP contribution < -0.4 is 5.32 Å². The van der Waals surface area contributed by atoms with Crippen molar-refractivity contribution >= 4 is 17.7 Å². The Labute approximate surface area is 113 Å². The lowest BCUT2D eigenvalue weighted by Gasteiger charge is -2.16. The summed E-state index contributed by atoms with van der Waals surface area (Å²) in [5.41, 5.74) is 0.787. The first-order chi connectivity index (χ1) is 8.76. The summed E-state index contributed by atoms with van der Waals surface area (Å²) < 4.78 is 0. The number of thioether (sulfide) groups is 1. The van der Waals surface area contributed by atoms with Gasteiger partial charge in [-0.25, -0.2) is 0 Å². The summed E-state index contributed by atoms with van der Waals surface area (Å²) in [6.07, 6.45) is 2.12. The van der Waals surface area contributed by atoms with E-state index >= 15 is 0 Å². The van der Waals surface area contributed by atoms with Crippen molar-refractivity contribution < 1.29 is 4.79 Å². The molecule has 1 aliphatic rings. The van der Waals surface area contributed by atoms with Crippen LogP contribution in [0.15, 0.2) is 30.3 Å². The molecular formula is C14H20N2OS. The van der Waals surface area contributed by atoms with Gasteiger partial charge in [-0.2, -0.15) is 11.8 Å². The van der Waals surface area contributed by atoms with E-state index in [0.29, 0.717) is 11.3 Å². The first-order valence-corrected chi connectivity index (χ1v) is 7.65. The molecule has 1 amide bonds. The molecule has 0 aromatic heterocycles. The third-order valence-corrected chi connectivity index (χ3v) is 4.43. The maximum Gasteiger partial charge on any atom is 0.253 e. The van der Waals surface area contributed by atoms with Crippen molar-refractivity contribution in [1.29, 1.82) is 0 Å². The molecule has 0 saturated carbocycles. The Morgan fingerprint density at radius 2 is 2.11 bits per heavy atom. The number of likely N-dealkylation sites (tertiary alicyclic amines) is 1. The maximum absolute atomic E-state index is 12.3. The van der Waals surface area contributed by atoms with E-state index in [2.05, 4.69) is 18.5 Å². The van der Waals surface area contributed by atoms with Crippen LogP contribution in [-0.2, 0) is 0 Å². The second-order valence-corrected chi connectivity index (χ2v) is 5.59. The minimum absolute atomic E-state index is 0.148. The van der Waals surface area contributed by atoms with Crippen LogP contribution in [0.5, 0.6) is 0 Å². The first-order valence-electron chi connectivity index (χ1n) is 6.36. The number of hydrogen-bond acceptors (Lipinski definition) is 3. The van der Waals surface area contributed by atoms with E-state index in [4.69, 9.17) is 0 Å². The highest BCUT2D eigenvalue weighted by molar-refractivity contribution is 7.99. The van der Waals surface area contributed by atoms with Crippen molar-refractivity contribution in [3.05, 3.63) is 35.9 Å². The molecular weight excluding hydrogens is 244 g/mol. The van der Waals surface area contributed by atoms with Gasteiger partial charge >= 0.3 is 0 Å². The highest BCUT2D eigenvalue weighted by Gasteiger charge is 2.34. The molecule has 0 aliphatic carbocycles. The molecule has 18 heavy (non-hydrogen) atoms. The topological polar surface area (TPSA) is 32.3 Å². The Kier molecular flexibility index (Phi) is 4.66. The van der Waals surface area contributed by atoms with Gasteiger partial charge in [-0.15, -0.1) is 0 Å². The van der Waals surface area contributed by atoms with Crippen molar-refractivity contribution in [1.82, 2.24) is 10.2 Å². The number of hydrogen-bond donors (Lipinski definition) is 1. The number of benzene rings is 1. The predicted octanol–water partition coefficient (Wildman–Crippen LogP) is 1.85. The van der Waals surface area contributed by atoms with Crippen LogP contribution in [0.1, 0.15) is 17.3 Å². The molecule has 1 saturated heterocycles. The largest absolute Gasteiger partial charge is 0.336 e. The van der Waals surface area contributed by atoms with Gasteiger partial charge in [0.15, 0.2) is 0 Å². The molecule has 1 aliphatic heterocycles. The summed E-state index contributed by atoms with van der Waals surface area (Å²) in [5.74, 6) is 0.148. The average Bonchev–Trinajstić information content (AvgIpc) is 2.82. The third-order valence-electron chi connectivity index (χ3n) is 3.34. The molecule has 0 unspecified atom stereocenters. The molecule has 1 aromatic rings. The predicted molar refractivity (Wildman–Crippen MR) is 77.1 cm³/mol. The number of nitrogens with one attached hydrogen (secondary N) is 1. The van der Waals surface area contributed by atoms with E-state index in [1.807, 2.05) is 47.0 Å². The minimum atomic E-state index is 0.148. The number of carbonyl (C=O) groups excluding carboxylic acids is 1. The number of rotatable bonds is 4. The van der Waals surface area contributed by atoms with Gasteiger partial charge < -0.3 is 10.2 Å². The van der Waals surface area contributed by atoms with E-state index in [1.165, 1.54) is 0 Å². The van der Waals surface area contributed by atoms with Crippen LogP contribution in [0.3, 0.4) is 0 Å². The summed E-state index contributed by atoms with van der Waals surface area (Å²) in [7, 11) is 0. The molecule has 2 atom stereocenters. The second-order valence-electron chi connectivity index (χ2n) is 4.51. The van der Waals surface area contributed by atoms with E-state index in [0.717, 1.165) is 25.2 Å². The van der Waals surface area contributed by atoms with E-state index in [1.54, 1.807) is 0 Å². The fourth-order valence-corrected chi connectivity index (χ4v) is 3.24. The molecule has 98 valence electrons. The normalized spacial score (nSPS) is 23.3. The van der Waals surface area contributed by atoms with Crippen molar-refractivity contribution in [3.8, 4) is 0 Å². The van der Waals surface area contributed by atoms with Crippen molar-refractivity contribution in [2.24, 2.45) is 0 Å². The van der Waals surface area contributed by atoms with Crippen molar-refractivity contribution in [3.63, 3.8) is 0 Å². The lowest BCUT2D eigenvalue weighted by molar-refractivity contribution is 0.0790. The number of nitrogens with zero attached hydrogens (tertiary/aromatic N) is 1. The third kappa shape index (κ3) is 2.87. The van der Waals surface area contributed by atoms with Crippen LogP contribution >= 0.6 is 11.8 Å². The standard InChI is InChI=1S/C14H20N2OS/c1-3-15-12-9-16(10-13(12)18-2)14(17)11-7-5-4-6-8-11/h4-8,12-13,15H,3,9-10H2,1-2H3/t12-,13-/m1/s1. The highest BCUT2D eigenvalue weighted by atomic mass is 32.2. The van der Waals surface area contributed by atoms with Gasteiger partial charge in [-0.1, -0.05) is 25.1 Å². The van der Waals surface area contributed by atoms with Crippen LogP contribution in [-0.4, -0.2) is 48.0 Å². The summed E-state index contributed by atoms with van der Waals surface area (Å²) >= 11 is 1.84. The summed E-state index contributed by atoms with van der Waals surface area (Å²) in [4.78, 5) is 14.3. The van der Waals surface area contributed by atoms with Gasteiger partial charge in [-0.3, -0.25) is 4.79 Å². The summed E-state index contributed by atoms with van der Waals surface area (Å²) in [6.45, 7) is 4.72. The zero-order valence-corrected chi connectivity index (χ0v) is 11.7. The van der Waals surface area contributed by atoms with E-state index in [-0.39, 0.29) is 5.91 Å². The molecule has 2 rings (SSSR count).